The molecule has 0 unspecified atom stereocenters. The highest BCUT2D eigenvalue weighted by molar-refractivity contribution is 5.89. The summed E-state index contributed by atoms with van der Waals surface area (Å²) in [5.41, 5.74) is 0.935. The van der Waals surface area contributed by atoms with Crippen molar-refractivity contribution in [2.45, 2.75) is 31.8 Å². The second-order valence-electron chi connectivity index (χ2n) is 6.70. The molecular formula is C19H21N3O3. The minimum Gasteiger partial charge on any atom is -0.467 e. The van der Waals surface area contributed by atoms with Gasteiger partial charge in [-0.25, -0.2) is 0 Å². The van der Waals surface area contributed by atoms with Gasteiger partial charge in [0.1, 0.15) is 5.76 Å². The second-order valence-corrected chi connectivity index (χ2v) is 6.70. The minimum absolute atomic E-state index is 0.0170. The summed E-state index contributed by atoms with van der Waals surface area (Å²) in [6, 6.07) is 9.49. The van der Waals surface area contributed by atoms with Crippen LogP contribution in [-0.2, 0) is 16.1 Å². The van der Waals surface area contributed by atoms with Crippen LogP contribution in [0.15, 0.2) is 47.2 Å². The van der Waals surface area contributed by atoms with Gasteiger partial charge in [0.05, 0.1) is 30.5 Å². The van der Waals surface area contributed by atoms with Gasteiger partial charge in [-0.2, -0.15) is 0 Å². The van der Waals surface area contributed by atoms with E-state index in [4.69, 9.17) is 4.42 Å². The quantitative estimate of drug-likeness (QED) is 0.858. The SMILES string of the molecule is O=C1C[C@H](C(=O)N2CCC[C@H]2c2ccccn2)CN1Cc1ccco1. The van der Waals surface area contributed by atoms with Gasteiger partial charge in [0.15, 0.2) is 0 Å². The Labute approximate surface area is 146 Å². The van der Waals surface area contributed by atoms with Crippen LogP contribution in [0.1, 0.15) is 36.8 Å². The van der Waals surface area contributed by atoms with Crippen LogP contribution in [0.25, 0.3) is 0 Å². The normalized spacial score (nSPS) is 23.4. The van der Waals surface area contributed by atoms with Crippen LogP contribution >= 0.6 is 0 Å². The maximum Gasteiger partial charge on any atom is 0.228 e. The number of aromatic nitrogens is 1. The van der Waals surface area contributed by atoms with Crippen LogP contribution in [0.3, 0.4) is 0 Å². The van der Waals surface area contributed by atoms with Crippen molar-refractivity contribution >= 4 is 11.8 Å². The molecule has 25 heavy (non-hydrogen) atoms. The van der Waals surface area contributed by atoms with Crippen LogP contribution in [0.5, 0.6) is 0 Å². The topological polar surface area (TPSA) is 66.7 Å². The second kappa shape index (κ2) is 6.70. The molecule has 4 heterocycles. The Morgan fingerprint density at radius 1 is 1.28 bits per heavy atom. The van der Waals surface area contributed by atoms with Crippen LogP contribution in [0, 0.1) is 5.92 Å². The third kappa shape index (κ3) is 3.16. The number of carbonyl (C=O) groups is 2. The minimum atomic E-state index is -0.272. The number of hydrogen-bond donors (Lipinski definition) is 0. The molecule has 2 fully saturated rings. The van der Waals surface area contributed by atoms with Gasteiger partial charge in [0, 0.05) is 25.7 Å². The molecule has 130 valence electrons. The predicted molar refractivity (Wildman–Crippen MR) is 90.2 cm³/mol. The number of pyridine rings is 1. The van der Waals surface area contributed by atoms with Crippen LogP contribution in [0.2, 0.25) is 0 Å². The lowest BCUT2D eigenvalue weighted by atomic mass is 10.1. The fourth-order valence-electron chi connectivity index (χ4n) is 3.83. The lowest BCUT2D eigenvalue weighted by Gasteiger charge is -2.27. The summed E-state index contributed by atoms with van der Waals surface area (Å²) in [7, 11) is 0. The van der Waals surface area contributed by atoms with Gasteiger partial charge in [-0.05, 0) is 37.1 Å². The molecule has 2 aromatic heterocycles. The van der Waals surface area contributed by atoms with E-state index in [1.165, 1.54) is 0 Å². The van der Waals surface area contributed by atoms with E-state index >= 15 is 0 Å². The molecule has 6 heteroatoms. The highest BCUT2D eigenvalue weighted by atomic mass is 16.3. The van der Waals surface area contributed by atoms with Crippen LogP contribution in [0.4, 0.5) is 0 Å². The molecule has 2 aromatic rings. The molecule has 0 aliphatic carbocycles. The van der Waals surface area contributed by atoms with Gasteiger partial charge in [-0.15, -0.1) is 0 Å². The largest absolute Gasteiger partial charge is 0.467 e. The average Bonchev–Trinajstić information content (AvgIpc) is 3.37. The number of carbonyl (C=O) groups excluding carboxylic acids is 2. The lowest BCUT2D eigenvalue weighted by Crippen LogP contribution is -2.37. The van der Waals surface area contributed by atoms with Crippen molar-refractivity contribution in [2.75, 3.05) is 13.1 Å². The van der Waals surface area contributed by atoms with Gasteiger partial charge in [-0.1, -0.05) is 6.07 Å². The fourth-order valence-corrected chi connectivity index (χ4v) is 3.83. The molecule has 0 radical (unpaired) electrons. The van der Waals surface area contributed by atoms with Crippen molar-refractivity contribution in [2.24, 2.45) is 5.92 Å². The third-order valence-electron chi connectivity index (χ3n) is 5.06. The van der Waals surface area contributed by atoms with E-state index in [-0.39, 0.29) is 30.2 Å². The maximum atomic E-state index is 13.0. The number of furan rings is 1. The maximum absolute atomic E-state index is 13.0. The smallest absolute Gasteiger partial charge is 0.228 e. The number of amides is 2. The van der Waals surface area contributed by atoms with Crippen molar-refractivity contribution in [1.29, 1.82) is 0 Å². The molecule has 0 spiro atoms. The van der Waals surface area contributed by atoms with Crippen molar-refractivity contribution in [3.63, 3.8) is 0 Å². The lowest BCUT2D eigenvalue weighted by molar-refractivity contribution is -0.136. The van der Waals surface area contributed by atoms with E-state index in [1.54, 1.807) is 23.4 Å². The van der Waals surface area contributed by atoms with Crippen molar-refractivity contribution in [3.05, 3.63) is 54.2 Å². The highest BCUT2D eigenvalue weighted by Gasteiger charge is 2.40. The predicted octanol–water partition coefficient (Wildman–Crippen LogP) is 2.39. The number of rotatable bonds is 4. The Kier molecular flexibility index (Phi) is 4.26. The summed E-state index contributed by atoms with van der Waals surface area (Å²) in [6.45, 7) is 1.63. The molecule has 2 amide bonds. The molecule has 2 atom stereocenters. The van der Waals surface area contributed by atoms with E-state index in [2.05, 4.69) is 4.98 Å². The van der Waals surface area contributed by atoms with Crippen molar-refractivity contribution in [1.82, 2.24) is 14.8 Å². The Morgan fingerprint density at radius 2 is 2.20 bits per heavy atom. The fraction of sp³-hybridized carbons (Fsp3) is 0.421. The first-order valence-corrected chi connectivity index (χ1v) is 8.74. The Morgan fingerprint density at radius 3 is 2.96 bits per heavy atom. The zero-order valence-corrected chi connectivity index (χ0v) is 14.0. The first-order chi connectivity index (χ1) is 12.2. The molecule has 0 aromatic carbocycles. The third-order valence-corrected chi connectivity index (χ3v) is 5.06. The standard InChI is InChI=1S/C19H21N3O3/c23-18-11-14(12-21(18)13-15-5-4-10-25-15)19(24)22-9-3-7-17(22)16-6-1-2-8-20-16/h1-2,4-6,8,10,14,17H,3,7,9,11-13H2/t14-,17-/m0/s1. The Bertz CT molecular complexity index is 745. The molecule has 2 aliphatic heterocycles. The van der Waals surface area contributed by atoms with Gasteiger partial charge in [0.2, 0.25) is 11.8 Å². The first kappa shape index (κ1) is 15.9. The van der Waals surface area contributed by atoms with Crippen molar-refractivity contribution in [3.8, 4) is 0 Å². The average molecular weight is 339 g/mol. The number of likely N-dealkylation sites (tertiary alicyclic amines) is 2. The van der Waals surface area contributed by atoms with E-state index in [0.717, 1.165) is 30.8 Å². The van der Waals surface area contributed by atoms with E-state index in [9.17, 15) is 9.59 Å². The molecule has 4 rings (SSSR count). The first-order valence-electron chi connectivity index (χ1n) is 8.74. The summed E-state index contributed by atoms with van der Waals surface area (Å²) >= 11 is 0. The van der Waals surface area contributed by atoms with Crippen molar-refractivity contribution < 1.29 is 14.0 Å². The van der Waals surface area contributed by atoms with E-state index in [1.807, 2.05) is 29.2 Å². The number of nitrogens with zero attached hydrogens (tertiary/aromatic N) is 3. The van der Waals surface area contributed by atoms with Gasteiger partial charge < -0.3 is 14.2 Å². The highest BCUT2D eigenvalue weighted by Crippen LogP contribution is 2.33. The molecular weight excluding hydrogens is 318 g/mol. The van der Waals surface area contributed by atoms with Gasteiger partial charge >= 0.3 is 0 Å². The Hall–Kier alpha value is -2.63. The van der Waals surface area contributed by atoms with Crippen LogP contribution in [-0.4, -0.2) is 39.7 Å². The molecule has 0 saturated carbocycles. The van der Waals surface area contributed by atoms with Gasteiger partial charge in [-0.3, -0.25) is 14.6 Å². The summed E-state index contributed by atoms with van der Waals surface area (Å²) in [5.74, 6) is 0.563. The monoisotopic (exact) mass is 339 g/mol. The summed E-state index contributed by atoms with van der Waals surface area (Å²) < 4.78 is 5.32. The molecule has 2 saturated heterocycles. The molecule has 2 aliphatic rings. The van der Waals surface area contributed by atoms with E-state index in [0.29, 0.717) is 13.1 Å². The zero-order chi connectivity index (χ0) is 17.2. The Balaban J connectivity index is 1.45. The van der Waals surface area contributed by atoms with E-state index < -0.39 is 0 Å². The molecule has 6 nitrogen and oxygen atoms in total. The number of hydrogen-bond acceptors (Lipinski definition) is 4. The summed E-state index contributed by atoms with van der Waals surface area (Å²) in [6.07, 6.45) is 5.55. The molecule has 0 bridgehead atoms. The summed E-state index contributed by atoms with van der Waals surface area (Å²) in [4.78, 5) is 33.3. The zero-order valence-electron chi connectivity index (χ0n) is 14.0. The van der Waals surface area contributed by atoms with Crippen LogP contribution < -0.4 is 0 Å². The van der Waals surface area contributed by atoms with Gasteiger partial charge in [0.25, 0.3) is 0 Å². The summed E-state index contributed by atoms with van der Waals surface area (Å²) in [5, 5.41) is 0. The molecule has 0 N–H and O–H groups in total.